The first-order valence-electron chi connectivity index (χ1n) is 8.19. The number of amides is 2. The van der Waals surface area contributed by atoms with E-state index in [9.17, 15) is 29.8 Å². The molecule has 0 aliphatic rings. The number of hydrogen-bond acceptors (Lipinski definition) is 8. The maximum Gasteiger partial charge on any atom is 0.279 e. The normalized spacial score (nSPS) is 10.1. The lowest BCUT2D eigenvalue weighted by Gasteiger charge is -2.11. The highest BCUT2D eigenvalue weighted by atomic mass is 16.6. The number of furan rings is 1. The molecule has 29 heavy (non-hydrogen) atoms. The second kappa shape index (κ2) is 9.64. The van der Waals surface area contributed by atoms with Crippen molar-refractivity contribution >= 4 is 23.2 Å². The summed E-state index contributed by atoms with van der Waals surface area (Å²) in [6.45, 7) is 3.81. The zero-order chi connectivity index (χ0) is 21.4. The van der Waals surface area contributed by atoms with Crippen LogP contribution in [0, 0.1) is 20.2 Å². The Balaban J connectivity index is 1.83. The van der Waals surface area contributed by atoms with Gasteiger partial charge in [-0.1, -0.05) is 6.58 Å². The molecule has 0 radical (unpaired) electrons. The first-order chi connectivity index (χ1) is 13.8. The molecule has 3 N–H and O–H groups in total. The summed E-state index contributed by atoms with van der Waals surface area (Å²) in [6.07, 6.45) is 0.949. The van der Waals surface area contributed by atoms with E-state index < -0.39 is 33.5 Å². The molecule has 12 heteroatoms. The van der Waals surface area contributed by atoms with Gasteiger partial charge in [-0.3, -0.25) is 35.2 Å². The van der Waals surface area contributed by atoms with E-state index in [-0.39, 0.29) is 30.1 Å². The van der Waals surface area contributed by atoms with Gasteiger partial charge in [0.25, 0.3) is 11.4 Å². The van der Waals surface area contributed by atoms with Crippen LogP contribution in [0.15, 0.2) is 53.3 Å². The summed E-state index contributed by atoms with van der Waals surface area (Å²) in [7, 11) is 0. The summed E-state index contributed by atoms with van der Waals surface area (Å²) in [5.74, 6) is -0.437. The molecule has 0 unspecified atom stereocenters. The van der Waals surface area contributed by atoms with Crippen LogP contribution in [0.1, 0.15) is 17.7 Å². The van der Waals surface area contributed by atoms with Gasteiger partial charge in [-0.2, -0.15) is 0 Å². The Hall–Kier alpha value is -4.22. The molecule has 0 atom stereocenters. The maximum atomic E-state index is 12.0. The summed E-state index contributed by atoms with van der Waals surface area (Å²) in [6, 6.07) is 6.40. The smallest absolute Gasteiger partial charge is 0.279 e. The maximum absolute atomic E-state index is 12.0. The SMILES string of the molecule is C=C(CC(=O)NCc1ccco1)NNC(=O)Cc1ccc([N+](=O)[O-])cc1[N+](=O)[O-]. The molecule has 0 fully saturated rings. The van der Waals surface area contributed by atoms with Gasteiger partial charge in [0, 0.05) is 17.3 Å². The predicted molar refractivity (Wildman–Crippen MR) is 99.0 cm³/mol. The van der Waals surface area contributed by atoms with Crippen LogP contribution in [0.5, 0.6) is 0 Å². The van der Waals surface area contributed by atoms with Crippen LogP contribution in [0.2, 0.25) is 0 Å². The molecule has 0 spiro atoms. The number of carbonyl (C=O) groups excluding carboxylic acids is 2. The average molecular weight is 403 g/mol. The third-order valence-corrected chi connectivity index (χ3v) is 3.62. The Morgan fingerprint density at radius 1 is 1.07 bits per heavy atom. The third kappa shape index (κ3) is 6.46. The van der Waals surface area contributed by atoms with E-state index in [1.54, 1.807) is 12.1 Å². The van der Waals surface area contributed by atoms with Crippen molar-refractivity contribution in [2.24, 2.45) is 0 Å². The molecule has 2 aromatic rings. The summed E-state index contributed by atoms with van der Waals surface area (Å²) in [4.78, 5) is 44.0. The molecular formula is C17H17N5O7. The predicted octanol–water partition coefficient (Wildman–Crippen LogP) is 1.48. The van der Waals surface area contributed by atoms with E-state index in [4.69, 9.17) is 4.42 Å². The number of nitrogens with zero attached hydrogens (tertiary/aromatic N) is 2. The molecule has 1 heterocycles. The quantitative estimate of drug-likeness (QED) is 0.395. The van der Waals surface area contributed by atoms with Crippen molar-refractivity contribution in [1.82, 2.24) is 16.2 Å². The lowest BCUT2D eigenvalue weighted by Crippen LogP contribution is -2.38. The van der Waals surface area contributed by atoms with Gasteiger partial charge in [-0.05, 0) is 18.2 Å². The fourth-order valence-electron chi connectivity index (χ4n) is 2.26. The van der Waals surface area contributed by atoms with E-state index in [0.717, 1.165) is 18.2 Å². The van der Waals surface area contributed by atoms with Crippen LogP contribution < -0.4 is 16.2 Å². The molecule has 152 valence electrons. The van der Waals surface area contributed by atoms with Gasteiger partial charge >= 0.3 is 0 Å². The van der Waals surface area contributed by atoms with Crippen LogP contribution in [-0.2, 0) is 22.6 Å². The third-order valence-electron chi connectivity index (χ3n) is 3.62. The fraction of sp³-hybridized carbons (Fsp3) is 0.176. The largest absolute Gasteiger partial charge is 0.467 e. The molecular weight excluding hydrogens is 386 g/mol. The molecule has 0 aliphatic carbocycles. The second-order valence-corrected chi connectivity index (χ2v) is 5.81. The molecule has 0 bridgehead atoms. The molecule has 0 saturated carbocycles. The average Bonchev–Trinajstić information content (AvgIpc) is 3.18. The van der Waals surface area contributed by atoms with Crippen LogP contribution in [0.3, 0.4) is 0 Å². The second-order valence-electron chi connectivity index (χ2n) is 5.81. The molecule has 2 rings (SSSR count). The Labute approximate surface area is 163 Å². The Bertz CT molecular complexity index is 940. The van der Waals surface area contributed by atoms with E-state index in [1.807, 2.05) is 0 Å². The van der Waals surface area contributed by atoms with Gasteiger partial charge in [0.2, 0.25) is 11.8 Å². The minimum Gasteiger partial charge on any atom is -0.467 e. The van der Waals surface area contributed by atoms with Gasteiger partial charge in [0.05, 0.1) is 41.6 Å². The van der Waals surface area contributed by atoms with E-state index in [2.05, 4.69) is 22.7 Å². The topological polar surface area (TPSA) is 170 Å². The first-order valence-corrected chi connectivity index (χ1v) is 8.19. The summed E-state index contributed by atoms with van der Waals surface area (Å²) < 4.78 is 5.08. The first kappa shape index (κ1) is 21.1. The van der Waals surface area contributed by atoms with E-state index in [1.165, 1.54) is 6.26 Å². The number of nitro benzene ring substituents is 2. The number of nitrogens with one attached hydrogen (secondary N) is 3. The van der Waals surface area contributed by atoms with Gasteiger partial charge in [-0.15, -0.1) is 0 Å². The lowest BCUT2D eigenvalue weighted by molar-refractivity contribution is -0.394. The zero-order valence-electron chi connectivity index (χ0n) is 15.0. The minimum absolute atomic E-state index is 0.00158. The number of rotatable bonds is 10. The van der Waals surface area contributed by atoms with Gasteiger partial charge < -0.3 is 15.2 Å². The molecule has 1 aromatic carbocycles. The number of nitro groups is 2. The standard InChI is InChI=1S/C17H17N5O7/c1-11(7-16(23)18-10-14-3-2-6-29-14)19-20-17(24)8-12-4-5-13(21(25)26)9-15(12)22(27)28/h2-6,9,19H,1,7-8,10H2,(H,18,23)(H,20,24). The molecule has 0 aliphatic heterocycles. The minimum atomic E-state index is -0.800. The number of carbonyl (C=O) groups is 2. The van der Waals surface area contributed by atoms with Crippen LogP contribution >= 0.6 is 0 Å². The summed E-state index contributed by atoms with van der Waals surface area (Å²) in [5.41, 5.74) is 3.92. The highest BCUT2D eigenvalue weighted by Gasteiger charge is 2.21. The number of hydrazine groups is 1. The van der Waals surface area contributed by atoms with Crippen molar-refractivity contribution in [2.75, 3.05) is 0 Å². The number of non-ortho nitro benzene ring substituents is 1. The van der Waals surface area contributed by atoms with Gasteiger partial charge in [-0.25, -0.2) is 0 Å². The van der Waals surface area contributed by atoms with Crippen molar-refractivity contribution in [2.45, 2.75) is 19.4 Å². The van der Waals surface area contributed by atoms with Gasteiger partial charge in [0.15, 0.2) is 0 Å². The Morgan fingerprint density at radius 2 is 1.83 bits per heavy atom. The Kier molecular flexibility index (Phi) is 7.01. The fourth-order valence-corrected chi connectivity index (χ4v) is 2.26. The van der Waals surface area contributed by atoms with Crippen LogP contribution in [0.25, 0.3) is 0 Å². The lowest BCUT2D eigenvalue weighted by atomic mass is 10.1. The monoisotopic (exact) mass is 403 g/mol. The number of benzene rings is 1. The molecule has 2 amide bonds. The van der Waals surface area contributed by atoms with Crippen LogP contribution in [0.4, 0.5) is 11.4 Å². The van der Waals surface area contributed by atoms with Crippen molar-refractivity contribution in [3.8, 4) is 0 Å². The van der Waals surface area contributed by atoms with E-state index in [0.29, 0.717) is 5.76 Å². The molecule has 1 aromatic heterocycles. The van der Waals surface area contributed by atoms with Crippen molar-refractivity contribution in [3.05, 3.63) is 80.4 Å². The number of hydrogen-bond donors (Lipinski definition) is 3. The Morgan fingerprint density at radius 3 is 2.45 bits per heavy atom. The summed E-state index contributed by atoms with van der Waals surface area (Å²) in [5, 5.41) is 24.4. The van der Waals surface area contributed by atoms with Crippen molar-refractivity contribution < 1.29 is 23.9 Å². The zero-order valence-corrected chi connectivity index (χ0v) is 15.0. The van der Waals surface area contributed by atoms with Gasteiger partial charge in [0.1, 0.15) is 5.76 Å². The van der Waals surface area contributed by atoms with E-state index >= 15 is 0 Å². The van der Waals surface area contributed by atoms with Crippen molar-refractivity contribution in [3.63, 3.8) is 0 Å². The molecule has 12 nitrogen and oxygen atoms in total. The van der Waals surface area contributed by atoms with Crippen molar-refractivity contribution in [1.29, 1.82) is 0 Å². The van der Waals surface area contributed by atoms with Crippen LogP contribution in [-0.4, -0.2) is 21.7 Å². The summed E-state index contributed by atoms with van der Waals surface area (Å²) >= 11 is 0. The highest BCUT2D eigenvalue weighted by molar-refractivity contribution is 5.80. The highest BCUT2D eigenvalue weighted by Crippen LogP contribution is 2.24. The molecule has 0 saturated heterocycles.